The molecule has 0 aliphatic heterocycles. The summed E-state index contributed by atoms with van der Waals surface area (Å²) in [6, 6.07) is 11.6. The summed E-state index contributed by atoms with van der Waals surface area (Å²) in [6.45, 7) is 5.10. The van der Waals surface area contributed by atoms with Crippen LogP contribution in [0.4, 0.5) is 5.69 Å². The highest BCUT2D eigenvalue weighted by molar-refractivity contribution is 5.56. The molecule has 3 heteroatoms. The van der Waals surface area contributed by atoms with E-state index >= 15 is 0 Å². The fourth-order valence-electron chi connectivity index (χ4n) is 2.91. The molecule has 3 rings (SSSR count). The first-order valence-corrected chi connectivity index (χ1v) is 7.77. The molecule has 21 heavy (non-hydrogen) atoms. The van der Waals surface area contributed by atoms with Gasteiger partial charge in [-0.2, -0.15) is 0 Å². The Morgan fingerprint density at radius 2 is 2.14 bits per heavy atom. The van der Waals surface area contributed by atoms with Crippen molar-refractivity contribution in [3.05, 3.63) is 53.5 Å². The van der Waals surface area contributed by atoms with Gasteiger partial charge in [-0.05, 0) is 62.4 Å². The molecular formula is C18H24N2O. The lowest BCUT2D eigenvalue weighted by atomic mass is 10.0. The number of hydrogen-bond donors (Lipinski definition) is 1. The highest BCUT2D eigenvalue weighted by atomic mass is 16.3. The lowest BCUT2D eigenvalue weighted by Gasteiger charge is -2.26. The molecule has 1 atom stereocenters. The molecule has 1 aromatic carbocycles. The summed E-state index contributed by atoms with van der Waals surface area (Å²) < 4.78 is 5.52. The van der Waals surface area contributed by atoms with E-state index in [-0.39, 0.29) is 6.04 Å². The van der Waals surface area contributed by atoms with Crippen LogP contribution in [0.15, 0.2) is 41.0 Å². The van der Waals surface area contributed by atoms with Crippen LogP contribution in [0.1, 0.15) is 36.7 Å². The van der Waals surface area contributed by atoms with Gasteiger partial charge < -0.3 is 15.1 Å². The molecule has 1 unspecified atom stereocenters. The fraction of sp³-hybridized carbons (Fsp3) is 0.444. The molecule has 1 fully saturated rings. The van der Waals surface area contributed by atoms with Gasteiger partial charge in [-0.1, -0.05) is 12.1 Å². The standard InChI is InChI=1S/C18H24N2O/c1-13-10-15(11-14(2)19)5-8-18(13)20(16-6-7-16)12-17-4-3-9-21-17/h3-5,8-10,14,16H,6-7,11-12,19H2,1-2H3. The number of hydrogen-bond acceptors (Lipinski definition) is 3. The number of rotatable bonds is 6. The SMILES string of the molecule is Cc1cc(CC(C)N)ccc1N(Cc1ccco1)C1CC1. The highest BCUT2D eigenvalue weighted by Crippen LogP contribution is 2.35. The molecule has 0 spiro atoms. The summed E-state index contributed by atoms with van der Waals surface area (Å²) in [5.41, 5.74) is 9.86. The molecule has 0 radical (unpaired) electrons. The van der Waals surface area contributed by atoms with Crippen molar-refractivity contribution in [3.8, 4) is 0 Å². The maximum absolute atomic E-state index is 5.90. The molecule has 3 nitrogen and oxygen atoms in total. The largest absolute Gasteiger partial charge is 0.467 e. The van der Waals surface area contributed by atoms with Crippen molar-refractivity contribution >= 4 is 5.69 Å². The Bertz CT molecular complexity index is 585. The maximum Gasteiger partial charge on any atom is 0.123 e. The molecule has 1 aliphatic carbocycles. The van der Waals surface area contributed by atoms with E-state index in [1.165, 1.54) is 29.7 Å². The van der Waals surface area contributed by atoms with Crippen LogP contribution in [0.3, 0.4) is 0 Å². The number of benzene rings is 1. The summed E-state index contributed by atoms with van der Waals surface area (Å²) in [7, 11) is 0. The van der Waals surface area contributed by atoms with Gasteiger partial charge in [-0.3, -0.25) is 0 Å². The first kappa shape index (κ1) is 14.2. The summed E-state index contributed by atoms with van der Waals surface area (Å²) in [5.74, 6) is 1.03. The van der Waals surface area contributed by atoms with Gasteiger partial charge in [0.1, 0.15) is 5.76 Å². The molecule has 1 aliphatic rings. The van der Waals surface area contributed by atoms with Crippen LogP contribution in [-0.4, -0.2) is 12.1 Å². The molecule has 1 aromatic heterocycles. The molecule has 2 aromatic rings. The Labute approximate surface area is 126 Å². The number of nitrogens with zero attached hydrogens (tertiary/aromatic N) is 1. The lowest BCUT2D eigenvalue weighted by molar-refractivity contribution is 0.501. The lowest BCUT2D eigenvalue weighted by Crippen LogP contribution is -2.25. The Balaban J connectivity index is 1.82. The third-order valence-electron chi connectivity index (χ3n) is 4.02. The summed E-state index contributed by atoms with van der Waals surface area (Å²) in [4.78, 5) is 2.48. The van der Waals surface area contributed by atoms with Crippen LogP contribution >= 0.6 is 0 Å². The van der Waals surface area contributed by atoms with E-state index in [4.69, 9.17) is 10.2 Å². The second kappa shape index (κ2) is 5.94. The quantitative estimate of drug-likeness (QED) is 0.880. The fourth-order valence-corrected chi connectivity index (χ4v) is 2.91. The van der Waals surface area contributed by atoms with Crippen molar-refractivity contribution in [2.45, 2.75) is 51.7 Å². The molecule has 0 amide bonds. The van der Waals surface area contributed by atoms with Gasteiger partial charge in [-0.25, -0.2) is 0 Å². The minimum absolute atomic E-state index is 0.206. The second-order valence-electron chi connectivity index (χ2n) is 6.24. The minimum Gasteiger partial charge on any atom is -0.467 e. The van der Waals surface area contributed by atoms with Crippen LogP contribution in [0.5, 0.6) is 0 Å². The predicted octanol–water partition coefficient (Wildman–Crippen LogP) is 3.65. The van der Waals surface area contributed by atoms with Crippen LogP contribution in [-0.2, 0) is 13.0 Å². The van der Waals surface area contributed by atoms with E-state index in [0.717, 1.165) is 18.7 Å². The smallest absolute Gasteiger partial charge is 0.123 e. The molecule has 0 bridgehead atoms. The van der Waals surface area contributed by atoms with Gasteiger partial charge in [0.2, 0.25) is 0 Å². The van der Waals surface area contributed by atoms with E-state index < -0.39 is 0 Å². The Hall–Kier alpha value is -1.74. The first-order valence-electron chi connectivity index (χ1n) is 7.77. The van der Waals surface area contributed by atoms with Gasteiger partial charge in [0.15, 0.2) is 0 Å². The van der Waals surface area contributed by atoms with Crippen LogP contribution < -0.4 is 10.6 Å². The van der Waals surface area contributed by atoms with Gasteiger partial charge in [0.05, 0.1) is 12.8 Å². The summed E-state index contributed by atoms with van der Waals surface area (Å²) in [6.07, 6.45) is 5.24. The van der Waals surface area contributed by atoms with Crippen molar-refractivity contribution in [2.24, 2.45) is 5.73 Å². The first-order chi connectivity index (χ1) is 10.1. The molecule has 1 saturated carbocycles. The van der Waals surface area contributed by atoms with Crippen molar-refractivity contribution in [1.82, 2.24) is 0 Å². The molecular weight excluding hydrogens is 260 g/mol. The molecule has 112 valence electrons. The van der Waals surface area contributed by atoms with Gasteiger partial charge in [0, 0.05) is 17.8 Å². The van der Waals surface area contributed by atoms with E-state index in [0.29, 0.717) is 6.04 Å². The summed E-state index contributed by atoms with van der Waals surface area (Å²) in [5, 5.41) is 0. The molecule has 2 N–H and O–H groups in total. The monoisotopic (exact) mass is 284 g/mol. The van der Waals surface area contributed by atoms with Gasteiger partial charge in [0.25, 0.3) is 0 Å². The Morgan fingerprint density at radius 1 is 1.33 bits per heavy atom. The number of aryl methyl sites for hydroxylation is 1. The van der Waals surface area contributed by atoms with E-state index in [2.05, 4.69) is 43.0 Å². The van der Waals surface area contributed by atoms with Crippen molar-refractivity contribution < 1.29 is 4.42 Å². The summed E-state index contributed by atoms with van der Waals surface area (Å²) >= 11 is 0. The van der Waals surface area contributed by atoms with Crippen LogP contribution in [0.25, 0.3) is 0 Å². The van der Waals surface area contributed by atoms with Crippen molar-refractivity contribution in [3.63, 3.8) is 0 Å². The zero-order valence-electron chi connectivity index (χ0n) is 12.9. The van der Waals surface area contributed by atoms with Crippen molar-refractivity contribution in [1.29, 1.82) is 0 Å². The van der Waals surface area contributed by atoms with Crippen LogP contribution in [0.2, 0.25) is 0 Å². The van der Waals surface area contributed by atoms with Crippen LogP contribution in [0, 0.1) is 6.92 Å². The molecule has 0 saturated heterocycles. The predicted molar refractivity (Wildman–Crippen MR) is 86.4 cm³/mol. The second-order valence-corrected chi connectivity index (χ2v) is 6.24. The zero-order chi connectivity index (χ0) is 14.8. The average molecular weight is 284 g/mol. The third kappa shape index (κ3) is 3.48. The number of anilines is 1. The van der Waals surface area contributed by atoms with E-state index in [1.807, 2.05) is 6.07 Å². The maximum atomic E-state index is 5.90. The zero-order valence-corrected chi connectivity index (χ0v) is 12.9. The number of nitrogens with two attached hydrogens (primary N) is 1. The van der Waals surface area contributed by atoms with Crippen molar-refractivity contribution in [2.75, 3.05) is 4.90 Å². The Morgan fingerprint density at radius 3 is 2.71 bits per heavy atom. The van der Waals surface area contributed by atoms with E-state index in [9.17, 15) is 0 Å². The van der Waals surface area contributed by atoms with E-state index in [1.54, 1.807) is 6.26 Å². The average Bonchev–Trinajstić information content (AvgIpc) is 3.14. The highest BCUT2D eigenvalue weighted by Gasteiger charge is 2.30. The number of furan rings is 1. The third-order valence-corrected chi connectivity index (χ3v) is 4.02. The Kier molecular flexibility index (Phi) is 4.02. The van der Waals surface area contributed by atoms with Gasteiger partial charge >= 0.3 is 0 Å². The normalized spacial score (nSPS) is 16.0. The minimum atomic E-state index is 0.206. The van der Waals surface area contributed by atoms with Gasteiger partial charge in [-0.15, -0.1) is 0 Å². The topological polar surface area (TPSA) is 42.4 Å². The molecule has 1 heterocycles.